The van der Waals surface area contributed by atoms with Crippen LogP contribution < -0.4 is 5.73 Å². The van der Waals surface area contributed by atoms with Crippen molar-refractivity contribution in [3.8, 4) is 0 Å². The monoisotopic (exact) mass is 254 g/mol. The molecular formula is C11H11FN2S2. The first-order valence-corrected chi connectivity index (χ1v) is 6.60. The first-order valence-electron chi connectivity index (χ1n) is 4.74. The predicted molar refractivity (Wildman–Crippen MR) is 67.2 cm³/mol. The molecule has 2 aromatic rings. The fourth-order valence-electron chi connectivity index (χ4n) is 1.24. The smallest absolute Gasteiger partial charge is 0.124 e. The second kappa shape index (κ2) is 4.84. The molecule has 0 unspecified atom stereocenters. The van der Waals surface area contributed by atoms with Crippen LogP contribution >= 0.6 is 23.1 Å². The fraction of sp³-hybridized carbons (Fsp3) is 0.182. The number of hydrogen-bond acceptors (Lipinski definition) is 4. The Labute approximate surface area is 102 Å². The molecule has 2 N–H and O–H groups in total. The number of halogens is 1. The summed E-state index contributed by atoms with van der Waals surface area (Å²) >= 11 is 3.12. The third kappa shape index (κ3) is 2.74. The molecule has 1 aromatic heterocycles. The molecule has 84 valence electrons. The number of hydrogen-bond donors (Lipinski definition) is 1. The third-order valence-electron chi connectivity index (χ3n) is 1.99. The number of aromatic nitrogens is 1. The highest BCUT2D eigenvalue weighted by atomic mass is 32.2. The van der Waals surface area contributed by atoms with E-state index >= 15 is 0 Å². The van der Waals surface area contributed by atoms with Crippen molar-refractivity contribution in [3.05, 3.63) is 40.1 Å². The van der Waals surface area contributed by atoms with Crippen LogP contribution in [0.3, 0.4) is 0 Å². The van der Waals surface area contributed by atoms with E-state index in [1.807, 2.05) is 12.3 Å². The van der Waals surface area contributed by atoms with Crippen LogP contribution in [0.15, 0.2) is 28.5 Å². The Morgan fingerprint density at radius 3 is 3.00 bits per heavy atom. The molecule has 1 heterocycles. The molecule has 0 saturated heterocycles. The van der Waals surface area contributed by atoms with Gasteiger partial charge in [0.05, 0.1) is 5.75 Å². The lowest BCUT2D eigenvalue weighted by molar-refractivity contribution is 0.624. The van der Waals surface area contributed by atoms with E-state index in [4.69, 9.17) is 5.73 Å². The predicted octanol–water partition coefficient (Wildman–Crippen LogP) is 3.47. The fourth-order valence-corrected chi connectivity index (χ4v) is 3.02. The molecule has 2 nitrogen and oxygen atoms in total. The number of aryl methyl sites for hydroxylation is 1. The highest BCUT2D eigenvalue weighted by Gasteiger charge is 2.04. The Balaban J connectivity index is 2.07. The molecular weight excluding hydrogens is 243 g/mol. The van der Waals surface area contributed by atoms with Crippen molar-refractivity contribution in [3.63, 3.8) is 0 Å². The number of benzene rings is 1. The van der Waals surface area contributed by atoms with Crippen LogP contribution in [0.25, 0.3) is 0 Å². The van der Waals surface area contributed by atoms with Crippen molar-refractivity contribution in [2.24, 2.45) is 0 Å². The van der Waals surface area contributed by atoms with Crippen LogP contribution in [-0.4, -0.2) is 4.98 Å². The lowest BCUT2D eigenvalue weighted by Crippen LogP contribution is -1.90. The van der Waals surface area contributed by atoms with E-state index in [1.54, 1.807) is 17.4 Å². The molecule has 1 aromatic carbocycles. The van der Waals surface area contributed by atoms with E-state index < -0.39 is 0 Å². The topological polar surface area (TPSA) is 38.9 Å². The van der Waals surface area contributed by atoms with Gasteiger partial charge in [-0.25, -0.2) is 9.37 Å². The minimum absolute atomic E-state index is 0.257. The van der Waals surface area contributed by atoms with Gasteiger partial charge in [0.2, 0.25) is 0 Å². The van der Waals surface area contributed by atoms with Crippen molar-refractivity contribution < 1.29 is 4.39 Å². The highest BCUT2D eigenvalue weighted by Crippen LogP contribution is 2.29. The summed E-state index contributed by atoms with van der Waals surface area (Å²) in [5.74, 6) is 0.471. The molecule has 0 saturated carbocycles. The standard InChI is InChI=1S/C11H11FN2S2/c1-7-5-16-11(14-7)6-15-10-4-8(12)2-3-9(10)13/h2-5H,6,13H2,1H3. The zero-order valence-electron chi connectivity index (χ0n) is 8.74. The average molecular weight is 254 g/mol. The summed E-state index contributed by atoms with van der Waals surface area (Å²) in [6.07, 6.45) is 0. The maximum absolute atomic E-state index is 13.0. The lowest BCUT2D eigenvalue weighted by Gasteiger charge is -2.03. The van der Waals surface area contributed by atoms with Gasteiger partial charge in [-0.2, -0.15) is 0 Å². The summed E-state index contributed by atoms with van der Waals surface area (Å²) in [5.41, 5.74) is 7.39. The quantitative estimate of drug-likeness (QED) is 0.673. The molecule has 0 radical (unpaired) electrons. The number of nitrogen functional groups attached to an aromatic ring is 1. The summed E-state index contributed by atoms with van der Waals surface area (Å²) < 4.78 is 13.0. The van der Waals surface area contributed by atoms with Gasteiger partial charge in [0.1, 0.15) is 10.8 Å². The van der Waals surface area contributed by atoms with Crippen molar-refractivity contribution in [1.82, 2.24) is 4.98 Å². The Morgan fingerprint density at radius 1 is 1.50 bits per heavy atom. The lowest BCUT2D eigenvalue weighted by atomic mass is 10.3. The van der Waals surface area contributed by atoms with Crippen LogP contribution in [0.5, 0.6) is 0 Å². The van der Waals surface area contributed by atoms with E-state index in [2.05, 4.69) is 4.98 Å². The largest absolute Gasteiger partial charge is 0.398 e. The average Bonchev–Trinajstić information content (AvgIpc) is 2.66. The highest BCUT2D eigenvalue weighted by molar-refractivity contribution is 7.98. The molecule has 0 atom stereocenters. The summed E-state index contributed by atoms with van der Waals surface area (Å²) in [4.78, 5) is 5.11. The zero-order chi connectivity index (χ0) is 11.5. The summed E-state index contributed by atoms with van der Waals surface area (Å²) in [7, 11) is 0. The Hall–Kier alpha value is -1.07. The molecule has 0 aliphatic rings. The minimum Gasteiger partial charge on any atom is -0.398 e. The number of thiazole rings is 1. The molecule has 0 bridgehead atoms. The first-order chi connectivity index (χ1) is 7.65. The first kappa shape index (κ1) is 11.4. The van der Waals surface area contributed by atoms with E-state index in [0.717, 1.165) is 21.3 Å². The van der Waals surface area contributed by atoms with Gasteiger partial charge in [-0.3, -0.25) is 0 Å². The van der Waals surface area contributed by atoms with Crippen molar-refractivity contribution >= 4 is 28.8 Å². The molecule has 0 spiro atoms. The van der Waals surface area contributed by atoms with Crippen molar-refractivity contribution in [1.29, 1.82) is 0 Å². The minimum atomic E-state index is -0.257. The zero-order valence-corrected chi connectivity index (χ0v) is 10.4. The van der Waals surface area contributed by atoms with Crippen LogP contribution in [0.1, 0.15) is 10.7 Å². The van der Waals surface area contributed by atoms with Crippen LogP contribution in [0.4, 0.5) is 10.1 Å². The van der Waals surface area contributed by atoms with Gasteiger partial charge < -0.3 is 5.73 Å². The molecule has 0 aliphatic heterocycles. The van der Waals surface area contributed by atoms with Crippen LogP contribution in [0.2, 0.25) is 0 Å². The maximum Gasteiger partial charge on any atom is 0.124 e. The third-order valence-corrected chi connectivity index (χ3v) is 4.23. The Morgan fingerprint density at radius 2 is 2.31 bits per heavy atom. The normalized spacial score (nSPS) is 10.6. The number of anilines is 1. The number of nitrogens with zero attached hydrogens (tertiary/aromatic N) is 1. The van der Waals surface area contributed by atoms with Gasteiger partial charge in [0.15, 0.2) is 0 Å². The van der Waals surface area contributed by atoms with Crippen LogP contribution in [0, 0.1) is 12.7 Å². The summed E-state index contributed by atoms with van der Waals surface area (Å²) in [5, 5.41) is 3.04. The van der Waals surface area contributed by atoms with Gasteiger partial charge in [-0.1, -0.05) is 0 Å². The SMILES string of the molecule is Cc1csc(CSc2cc(F)ccc2N)n1. The van der Waals surface area contributed by atoms with Crippen molar-refractivity contribution in [2.45, 2.75) is 17.6 Å². The molecule has 0 amide bonds. The van der Waals surface area contributed by atoms with Gasteiger partial charge in [0.25, 0.3) is 0 Å². The van der Waals surface area contributed by atoms with Gasteiger partial charge >= 0.3 is 0 Å². The number of nitrogens with two attached hydrogens (primary N) is 1. The van der Waals surface area contributed by atoms with E-state index in [1.165, 1.54) is 23.9 Å². The van der Waals surface area contributed by atoms with Gasteiger partial charge in [-0.15, -0.1) is 23.1 Å². The number of rotatable bonds is 3. The van der Waals surface area contributed by atoms with E-state index in [0.29, 0.717) is 5.69 Å². The molecule has 2 rings (SSSR count). The molecule has 16 heavy (non-hydrogen) atoms. The maximum atomic E-state index is 13.0. The second-order valence-corrected chi connectivity index (χ2v) is 5.31. The number of thioether (sulfide) groups is 1. The molecule has 0 fully saturated rings. The molecule has 5 heteroatoms. The Kier molecular flexibility index (Phi) is 3.46. The van der Waals surface area contributed by atoms with E-state index in [9.17, 15) is 4.39 Å². The Bertz CT molecular complexity index is 496. The van der Waals surface area contributed by atoms with Crippen LogP contribution in [-0.2, 0) is 5.75 Å². The molecule has 0 aliphatic carbocycles. The summed E-state index contributed by atoms with van der Waals surface area (Å²) in [6.45, 7) is 1.96. The summed E-state index contributed by atoms with van der Waals surface area (Å²) in [6, 6.07) is 4.41. The van der Waals surface area contributed by atoms with Crippen molar-refractivity contribution in [2.75, 3.05) is 5.73 Å². The van der Waals surface area contributed by atoms with Gasteiger partial charge in [0, 0.05) is 21.7 Å². The second-order valence-electron chi connectivity index (χ2n) is 3.35. The van der Waals surface area contributed by atoms with E-state index in [-0.39, 0.29) is 5.82 Å². The van der Waals surface area contributed by atoms with Gasteiger partial charge in [-0.05, 0) is 25.1 Å².